The van der Waals surface area contributed by atoms with Crippen LogP contribution in [0.4, 0.5) is 8.78 Å². The van der Waals surface area contributed by atoms with Crippen LogP contribution in [0, 0.1) is 68.0 Å². The Labute approximate surface area is 387 Å². The molecule has 7 fully saturated rings. The van der Waals surface area contributed by atoms with E-state index in [0.29, 0.717) is 50.9 Å². The number of hydrogen-bond donors (Lipinski definition) is 0. The fourth-order valence-corrected chi connectivity index (χ4v) is 16.8. The van der Waals surface area contributed by atoms with Gasteiger partial charge in [0.15, 0.2) is 5.78 Å². The van der Waals surface area contributed by atoms with Crippen LogP contribution in [-0.2, 0) is 35.3 Å². The van der Waals surface area contributed by atoms with Gasteiger partial charge in [0.2, 0.25) is 5.91 Å². The summed E-state index contributed by atoms with van der Waals surface area (Å²) in [6.07, 6.45) is 9.50. The summed E-state index contributed by atoms with van der Waals surface area (Å²) in [5, 5.41) is 0. The maximum absolute atomic E-state index is 15.4. The molecule has 9 rings (SSSR count). The minimum Gasteiger partial charge on any atom is -0.462 e. The number of alkyl halides is 2. The van der Waals surface area contributed by atoms with E-state index in [0.717, 1.165) is 68.9 Å². The highest BCUT2D eigenvalue weighted by molar-refractivity contribution is 6.07. The summed E-state index contributed by atoms with van der Waals surface area (Å²) in [4.78, 5) is 61.3. The molecule has 65 heavy (non-hydrogen) atoms. The van der Waals surface area contributed by atoms with Crippen molar-refractivity contribution in [2.75, 3.05) is 26.2 Å². The molecule has 8 aliphatic rings. The van der Waals surface area contributed by atoms with Crippen LogP contribution in [0.15, 0.2) is 41.5 Å². The zero-order valence-corrected chi connectivity index (χ0v) is 41.0. The molecule has 358 valence electrons. The number of ether oxygens (including phenoxy) is 2. The fourth-order valence-electron chi connectivity index (χ4n) is 16.8. The molecule has 5 saturated carbocycles. The lowest BCUT2D eigenvalue weighted by atomic mass is 9.33. The number of halogens is 2. The molecule has 0 unspecified atom stereocenters. The first-order valence-corrected chi connectivity index (χ1v) is 25.6. The largest absolute Gasteiger partial charge is 0.462 e. The van der Waals surface area contributed by atoms with Crippen molar-refractivity contribution in [1.82, 2.24) is 9.80 Å². The average molecular weight is 901 g/mol. The van der Waals surface area contributed by atoms with Crippen molar-refractivity contribution >= 4 is 23.6 Å². The molecule has 10 heteroatoms. The lowest BCUT2D eigenvalue weighted by molar-refractivity contribution is -0.236. The van der Waals surface area contributed by atoms with E-state index in [1.165, 1.54) is 5.57 Å². The van der Waals surface area contributed by atoms with Crippen molar-refractivity contribution in [3.8, 4) is 0 Å². The molecule has 0 radical (unpaired) electrons. The number of fused-ring (bicyclic) bond motifs is 7. The van der Waals surface area contributed by atoms with Crippen LogP contribution in [0.5, 0.6) is 0 Å². The van der Waals surface area contributed by atoms with Crippen LogP contribution < -0.4 is 0 Å². The molecule has 8 nitrogen and oxygen atoms in total. The van der Waals surface area contributed by atoms with Crippen molar-refractivity contribution < 1.29 is 37.4 Å². The summed E-state index contributed by atoms with van der Waals surface area (Å²) in [5.74, 6) is -2.48. The maximum Gasteiger partial charge on any atom is 0.309 e. The summed E-state index contributed by atoms with van der Waals surface area (Å²) in [6, 6.07) is 9.67. The van der Waals surface area contributed by atoms with Gasteiger partial charge in [-0.2, -0.15) is 0 Å². The lowest BCUT2D eigenvalue weighted by Crippen LogP contribution is -2.66. The lowest BCUT2D eigenvalue weighted by Gasteiger charge is -2.72. The number of allylic oxidation sites excluding steroid dienone is 1. The number of nitrogens with zero attached hydrogens (tertiary/aromatic N) is 2. The van der Waals surface area contributed by atoms with E-state index in [1.807, 2.05) is 44.2 Å². The quantitative estimate of drug-likeness (QED) is 0.228. The SMILES string of the molecule is CC(C)C1=C2[C@H]3CC[C@@H]4[C@@]5(C)CC[C@H](OC(=O)[C@H]6C[C@@H](C(=O)OCc7ccccc7)C6(C)C)C(C)(C)[C@@H]5CC[C@@]4(C)[C@]3(C)CC[C@@]2(C(=O)N2CCC[C@H]2CN2CCC(F)(F)CC2)CC1=O. The van der Waals surface area contributed by atoms with Gasteiger partial charge in [0, 0.05) is 56.9 Å². The predicted molar refractivity (Wildman–Crippen MR) is 246 cm³/mol. The highest BCUT2D eigenvalue weighted by atomic mass is 19.3. The van der Waals surface area contributed by atoms with Gasteiger partial charge in [-0.25, -0.2) is 8.78 Å². The molecule has 0 N–H and O–H groups in total. The number of hydrogen-bond acceptors (Lipinski definition) is 7. The molecule has 0 bridgehead atoms. The Morgan fingerprint density at radius 2 is 1.45 bits per heavy atom. The van der Waals surface area contributed by atoms with Gasteiger partial charge in [0.05, 0.1) is 17.3 Å². The van der Waals surface area contributed by atoms with Gasteiger partial charge in [-0.15, -0.1) is 0 Å². The Balaban J connectivity index is 0.910. The van der Waals surface area contributed by atoms with Gasteiger partial charge in [0.1, 0.15) is 12.7 Å². The van der Waals surface area contributed by atoms with Gasteiger partial charge in [-0.05, 0) is 133 Å². The first kappa shape index (κ1) is 46.9. The van der Waals surface area contributed by atoms with Gasteiger partial charge in [0.25, 0.3) is 5.92 Å². The first-order chi connectivity index (χ1) is 30.5. The van der Waals surface area contributed by atoms with Crippen molar-refractivity contribution in [2.45, 2.75) is 177 Å². The van der Waals surface area contributed by atoms with E-state index in [-0.39, 0.29) is 107 Å². The van der Waals surface area contributed by atoms with E-state index in [4.69, 9.17) is 9.47 Å². The smallest absolute Gasteiger partial charge is 0.309 e. The molecule has 1 amide bonds. The van der Waals surface area contributed by atoms with Crippen molar-refractivity contribution in [3.05, 3.63) is 47.0 Å². The van der Waals surface area contributed by atoms with Crippen molar-refractivity contribution in [2.24, 2.45) is 68.0 Å². The third kappa shape index (κ3) is 7.31. The van der Waals surface area contributed by atoms with Crippen LogP contribution >= 0.6 is 0 Å². The number of carbonyl (C=O) groups excluding carboxylic acids is 4. The number of benzene rings is 1. The Bertz CT molecular complexity index is 2090. The number of piperidine rings is 1. The monoisotopic (exact) mass is 901 g/mol. The van der Waals surface area contributed by atoms with Crippen LogP contribution in [0.1, 0.15) is 158 Å². The number of rotatable bonds is 9. The van der Waals surface area contributed by atoms with Gasteiger partial charge < -0.3 is 19.3 Å². The number of Topliss-reactive ketones (excluding diaryl/α,β-unsaturated/α-hetero) is 1. The highest BCUT2D eigenvalue weighted by Crippen LogP contribution is 2.77. The molecular formula is C55H78F2N2O6. The average Bonchev–Trinajstić information content (AvgIpc) is 3.83. The highest BCUT2D eigenvalue weighted by Gasteiger charge is 2.71. The van der Waals surface area contributed by atoms with Crippen LogP contribution in [0.25, 0.3) is 0 Å². The summed E-state index contributed by atoms with van der Waals surface area (Å²) in [6.45, 7) is 22.8. The number of amides is 1. The zero-order valence-electron chi connectivity index (χ0n) is 41.0. The van der Waals surface area contributed by atoms with E-state index in [1.54, 1.807) is 0 Å². The molecule has 0 spiro atoms. The van der Waals surface area contributed by atoms with Crippen molar-refractivity contribution in [3.63, 3.8) is 0 Å². The normalized spacial score (nSPS) is 40.6. The van der Waals surface area contributed by atoms with Crippen molar-refractivity contribution in [1.29, 1.82) is 0 Å². The van der Waals surface area contributed by atoms with Crippen LogP contribution in [-0.4, -0.2) is 77.7 Å². The van der Waals surface area contributed by atoms with E-state index < -0.39 is 16.8 Å². The molecule has 2 aliphatic heterocycles. The molecule has 2 heterocycles. The summed E-state index contributed by atoms with van der Waals surface area (Å²) >= 11 is 0. The third-order valence-electron chi connectivity index (χ3n) is 20.8. The fraction of sp³-hybridized carbons (Fsp3) is 0.782. The van der Waals surface area contributed by atoms with E-state index in [2.05, 4.69) is 58.3 Å². The predicted octanol–water partition coefficient (Wildman–Crippen LogP) is 11.0. The molecule has 2 saturated heterocycles. The molecule has 1 aromatic rings. The molecule has 11 atom stereocenters. The third-order valence-corrected chi connectivity index (χ3v) is 20.8. The van der Waals surface area contributed by atoms with E-state index >= 15 is 4.79 Å². The first-order valence-electron chi connectivity index (χ1n) is 25.6. The minimum atomic E-state index is -2.61. The van der Waals surface area contributed by atoms with E-state index in [9.17, 15) is 23.2 Å². The number of esters is 2. The molecular weight excluding hydrogens is 823 g/mol. The molecule has 0 aromatic heterocycles. The zero-order chi connectivity index (χ0) is 46.7. The Morgan fingerprint density at radius 3 is 2.12 bits per heavy atom. The second kappa shape index (κ2) is 16.2. The van der Waals surface area contributed by atoms with Gasteiger partial charge >= 0.3 is 11.9 Å². The minimum absolute atomic E-state index is 0.0105. The number of carbonyl (C=O) groups is 4. The van der Waals surface area contributed by atoms with Crippen LogP contribution in [0.2, 0.25) is 0 Å². The Morgan fingerprint density at radius 1 is 0.754 bits per heavy atom. The second-order valence-corrected chi connectivity index (χ2v) is 24.8. The number of ketones is 1. The molecule has 1 aromatic carbocycles. The summed E-state index contributed by atoms with van der Waals surface area (Å²) in [7, 11) is 0. The summed E-state index contributed by atoms with van der Waals surface area (Å²) < 4.78 is 40.5. The topological polar surface area (TPSA) is 93.2 Å². The standard InChI is InChI=1S/C55H78F2N2O6/c1-34(2)44-40(60)31-54(48(63)59-27-13-16-36(59)32-58-28-25-55(56,57)26-29-58)24-23-52(8)37(45(44)54)17-18-42-51(7)21-20-43(50(5,6)41(51)19-22-53(42,52)9)65-47(62)39-30-38(49(39,3)4)46(61)64-33-35-14-11-10-12-15-35/h10-12,14-15,34,36-39,41-43H,13,16-33H2,1-9H3/t36-,37+,38-,39+,41-,42+,43-,51-,52+,53+,54+/m0/s1. The van der Waals surface area contributed by atoms with Gasteiger partial charge in [-0.3, -0.25) is 19.2 Å². The second-order valence-electron chi connectivity index (χ2n) is 24.8. The summed E-state index contributed by atoms with van der Waals surface area (Å²) in [5.41, 5.74) is 1.34. The molecule has 6 aliphatic carbocycles. The Hall–Kier alpha value is -3.14. The van der Waals surface area contributed by atoms with Crippen LogP contribution in [0.3, 0.4) is 0 Å². The number of likely N-dealkylation sites (tertiary alicyclic amines) is 2. The van der Waals surface area contributed by atoms with Gasteiger partial charge in [-0.1, -0.05) is 92.6 Å². The Kier molecular flexibility index (Phi) is 11.7. The maximum atomic E-state index is 15.4.